The first-order valence-corrected chi connectivity index (χ1v) is 8.86. The maximum Gasteiger partial charge on any atom is 0.252 e. The van der Waals surface area contributed by atoms with E-state index in [2.05, 4.69) is 5.32 Å². The fourth-order valence-corrected chi connectivity index (χ4v) is 4.58. The molecule has 1 heterocycles. The lowest BCUT2D eigenvalue weighted by atomic mass is 10.5. The van der Waals surface area contributed by atoms with Crippen molar-refractivity contribution in [3.05, 3.63) is 17.0 Å². The Morgan fingerprint density at radius 1 is 1.47 bits per heavy atom. The molecule has 0 radical (unpaired) electrons. The topological polar surface area (TPSA) is 49.4 Å². The SMILES string of the molecule is CNCc1ccc(S(=O)(=O)N(C)CCSC)s1. The van der Waals surface area contributed by atoms with E-state index in [9.17, 15) is 8.42 Å². The highest BCUT2D eigenvalue weighted by molar-refractivity contribution is 7.98. The molecule has 1 aromatic rings. The first kappa shape index (κ1) is 15.0. The molecule has 0 saturated heterocycles. The van der Waals surface area contributed by atoms with Gasteiger partial charge in [-0.25, -0.2) is 8.42 Å². The van der Waals surface area contributed by atoms with Crippen molar-refractivity contribution in [1.29, 1.82) is 0 Å². The normalized spacial score (nSPS) is 12.2. The molecule has 98 valence electrons. The molecule has 0 unspecified atom stereocenters. The third-order valence-electron chi connectivity index (χ3n) is 2.26. The second-order valence-electron chi connectivity index (χ2n) is 3.57. The molecule has 1 N–H and O–H groups in total. The number of thiophene rings is 1. The Bertz CT molecular complexity index is 442. The first-order chi connectivity index (χ1) is 8.02. The zero-order valence-corrected chi connectivity index (χ0v) is 12.7. The van der Waals surface area contributed by atoms with Gasteiger partial charge in [-0.1, -0.05) is 0 Å². The number of hydrogen-bond acceptors (Lipinski definition) is 5. The van der Waals surface area contributed by atoms with Gasteiger partial charge in [0.1, 0.15) is 4.21 Å². The van der Waals surface area contributed by atoms with Gasteiger partial charge in [0.25, 0.3) is 10.0 Å². The van der Waals surface area contributed by atoms with Crippen molar-refractivity contribution < 1.29 is 8.42 Å². The summed E-state index contributed by atoms with van der Waals surface area (Å²) < 4.78 is 26.2. The Kier molecular flexibility index (Phi) is 5.94. The molecular weight excluding hydrogens is 276 g/mol. The summed E-state index contributed by atoms with van der Waals surface area (Å²) in [6.07, 6.45) is 1.97. The van der Waals surface area contributed by atoms with Gasteiger partial charge in [-0.05, 0) is 25.4 Å². The highest BCUT2D eigenvalue weighted by atomic mass is 32.2. The largest absolute Gasteiger partial charge is 0.315 e. The van der Waals surface area contributed by atoms with Crippen LogP contribution in [-0.4, -0.2) is 45.4 Å². The van der Waals surface area contributed by atoms with E-state index in [-0.39, 0.29) is 0 Å². The fourth-order valence-electron chi connectivity index (χ4n) is 1.26. The molecular formula is C10H18N2O2S3. The van der Waals surface area contributed by atoms with E-state index >= 15 is 0 Å². The maximum atomic E-state index is 12.2. The van der Waals surface area contributed by atoms with E-state index in [0.717, 1.165) is 10.6 Å². The fraction of sp³-hybridized carbons (Fsp3) is 0.600. The second-order valence-corrected chi connectivity index (χ2v) is 8.00. The molecule has 1 aromatic heterocycles. The number of nitrogens with zero attached hydrogens (tertiary/aromatic N) is 1. The van der Waals surface area contributed by atoms with Crippen LogP contribution < -0.4 is 5.32 Å². The van der Waals surface area contributed by atoms with Gasteiger partial charge in [0.15, 0.2) is 0 Å². The van der Waals surface area contributed by atoms with Gasteiger partial charge >= 0.3 is 0 Å². The van der Waals surface area contributed by atoms with Crippen LogP contribution in [0.2, 0.25) is 0 Å². The Hall–Kier alpha value is -0.0800. The van der Waals surface area contributed by atoms with Crippen molar-refractivity contribution in [3.63, 3.8) is 0 Å². The standard InChI is InChI=1S/C10H18N2O2S3/c1-11-8-9-4-5-10(16-9)17(13,14)12(2)6-7-15-3/h4-5,11H,6-8H2,1-3H3. The minimum absolute atomic E-state index is 0.423. The van der Waals surface area contributed by atoms with Crippen LogP contribution >= 0.6 is 23.1 Å². The van der Waals surface area contributed by atoms with E-state index < -0.39 is 10.0 Å². The second kappa shape index (κ2) is 6.75. The van der Waals surface area contributed by atoms with Crippen LogP contribution in [-0.2, 0) is 16.6 Å². The maximum absolute atomic E-state index is 12.2. The van der Waals surface area contributed by atoms with Crippen molar-refractivity contribution in [2.24, 2.45) is 0 Å². The predicted octanol–water partition coefficient (Wildman–Crippen LogP) is 1.45. The molecule has 0 atom stereocenters. The van der Waals surface area contributed by atoms with Gasteiger partial charge in [0.2, 0.25) is 0 Å². The molecule has 0 aromatic carbocycles. The van der Waals surface area contributed by atoms with Gasteiger partial charge in [-0.3, -0.25) is 0 Å². The monoisotopic (exact) mass is 294 g/mol. The quantitative estimate of drug-likeness (QED) is 0.827. The summed E-state index contributed by atoms with van der Waals surface area (Å²) in [7, 11) is 0.176. The van der Waals surface area contributed by atoms with E-state index in [1.54, 1.807) is 24.9 Å². The van der Waals surface area contributed by atoms with Crippen LogP contribution in [0, 0.1) is 0 Å². The van der Waals surface area contributed by atoms with Gasteiger partial charge in [0.05, 0.1) is 0 Å². The highest BCUT2D eigenvalue weighted by Gasteiger charge is 2.22. The molecule has 0 aliphatic heterocycles. The third kappa shape index (κ3) is 3.96. The lowest BCUT2D eigenvalue weighted by molar-refractivity contribution is 0.490. The number of sulfonamides is 1. The van der Waals surface area contributed by atoms with Gasteiger partial charge in [0, 0.05) is 30.8 Å². The van der Waals surface area contributed by atoms with Crippen LogP contribution in [0.5, 0.6) is 0 Å². The van der Waals surface area contributed by atoms with Crippen LogP contribution in [0.15, 0.2) is 16.3 Å². The Morgan fingerprint density at radius 3 is 2.76 bits per heavy atom. The van der Waals surface area contributed by atoms with Crippen molar-refractivity contribution >= 4 is 33.1 Å². The molecule has 0 aliphatic rings. The minimum atomic E-state index is -3.30. The van der Waals surface area contributed by atoms with E-state index in [4.69, 9.17) is 0 Å². The zero-order valence-electron chi connectivity index (χ0n) is 10.3. The van der Waals surface area contributed by atoms with Crippen molar-refractivity contribution in [2.75, 3.05) is 32.6 Å². The number of nitrogens with one attached hydrogen (secondary N) is 1. The molecule has 0 aliphatic carbocycles. The molecule has 1 rings (SSSR count). The molecule has 17 heavy (non-hydrogen) atoms. The zero-order chi connectivity index (χ0) is 12.9. The first-order valence-electron chi connectivity index (χ1n) is 5.21. The molecule has 0 saturated carbocycles. The predicted molar refractivity (Wildman–Crippen MR) is 75.3 cm³/mol. The summed E-state index contributed by atoms with van der Waals surface area (Å²) in [6.45, 7) is 1.25. The van der Waals surface area contributed by atoms with Crippen molar-refractivity contribution in [3.8, 4) is 0 Å². The van der Waals surface area contributed by atoms with Crippen LogP contribution in [0.3, 0.4) is 0 Å². The van der Waals surface area contributed by atoms with Crippen molar-refractivity contribution in [2.45, 2.75) is 10.8 Å². The van der Waals surface area contributed by atoms with Crippen LogP contribution in [0.4, 0.5) is 0 Å². The average molecular weight is 294 g/mol. The highest BCUT2D eigenvalue weighted by Crippen LogP contribution is 2.24. The Morgan fingerprint density at radius 2 is 2.18 bits per heavy atom. The molecule has 7 heteroatoms. The lowest BCUT2D eigenvalue weighted by Gasteiger charge is -2.14. The Labute approximate surface area is 111 Å². The summed E-state index contributed by atoms with van der Waals surface area (Å²) >= 11 is 2.97. The molecule has 4 nitrogen and oxygen atoms in total. The summed E-state index contributed by atoms with van der Waals surface area (Å²) in [4.78, 5) is 1.03. The molecule has 0 amide bonds. The number of hydrogen-bond donors (Lipinski definition) is 1. The van der Waals surface area contributed by atoms with E-state index in [0.29, 0.717) is 17.3 Å². The summed E-state index contributed by atoms with van der Waals surface area (Å²) in [6, 6.07) is 3.54. The average Bonchev–Trinajstić information content (AvgIpc) is 2.75. The molecule has 0 spiro atoms. The Balaban J connectivity index is 2.81. The van der Waals surface area contributed by atoms with Gasteiger partial charge < -0.3 is 5.32 Å². The number of rotatable bonds is 7. The summed E-state index contributed by atoms with van der Waals surface area (Å²) in [5, 5.41) is 3.01. The lowest BCUT2D eigenvalue weighted by Crippen LogP contribution is -2.28. The van der Waals surface area contributed by atoms with E-state index in [1.807, 2.05) is 19.4 Å². The molecule has 0 bridgehead atoms. The van der Waals surface area contributed by atoms with Gasteiger partial charge in [-0.15, -0.1) is 11.3 Å². The minimum Gasteiger partial charge on any atom is -0.315 e. The van der Waals surface area contributed by atoms with Crippen LogP contribution in [0.25, 0.3) is 0 Å². The summed E-state index contributed by atoms with van der Waals surface area (Å²) in [5.74, 6) is 0.810. The van der Waals surface area contributed by atoms with E-state index in [1.165, 1.54) is 15.6 Å². The van der Waals surface area contributed by atoms with Crippen molar-refractivity contribution in [1.82, 2.24) is 9.62 Å². The van der Waals surface area contributed by atoms with Crippen LogP contribution in [0.1, 0.15) is 4.88 Å². The molecule has 0 fully saturated rings. The van der Waals surface area contributed by atoms with Gasteiger partial charge in [-0.2, -0.15) is 16.1 Å². The number of thioether (sulfide) groups is 1. The smallest absolute Gasteiger partial charge is 0.252 e. The third-order valence-corrected chi connectivity index (χ3v) is 6.26. The summed E-state index contributed by atoms with van der Waals surface area (Å²) in [5.41, 5.74) is 0.